The van der Waals surface area contributed by atoms with Crippen LogP contribution in [-0.2, 0) is 14.3 Å². The third-order valence-electron chi connectivity index (χ3n) is 8.00. The summed E-state index contributed by atoms with van der Waals surface area (Å²) in [7, 11) is 0. The van der Waals surface area contributed by atoms with Crippen LogP contribution in [0.15, 0.2) is 60.8 Å². The van der Waals surface area contributed by atoms with Crippen LogP contribution in [0.1, 0.15) is 181 Å². The van der Waals surface area contributed by atoms with Crippen molar-refractivity contribution in [2.75, 3.05) is 0 Å². The number of unbranched alkanes of at least 4 members (excludes halogenated alkanes) is 14. The largest absolute Gasteiger partial charge is 0.481 e. The first-order valence-corrected chi connectivity index (χ1v) is 18.8. The van der Waals surface area contributed by atoms with E-state index in [0.29, 0.717) is 6.42 Å². The molecule has 0 aromatic carbocycles. The van der Waals surface area contributed by atoms with Crippen LogP contribution < -0.4 is 0 Å². The molecule has 0 aliphatic carbocycles. The molecule has 1 unspecified atom stereocenters. The summed E-state index contributed by atoms with van der Waals surface area (Å²) in [4.78, 5) is 23.1. The molecule has 0 aromatic heterocycles. The number of carboxylic acid groups (broad SMARTS) is 1. The van der Waals surface area contributed by atoms with Crippen molar-refractivity contribution in [3.8, 4) is 0 Å². The fourth-order valence-corrected chi connectivity index (χ4v) is 5.27. The maximum Gasteiger partial charge on any atom is 0.306 e. The monoisotopic (exact) mass is 627 g/mol. The molecule has 1 N–H and O–H groups in total. The Hall–Kier alpha value is -2.36. The molecule has 4 nitrogen and oxygen atoms in total. The van der Waals surface area contributed by atoms with Crippen molar-refractivity contribution in [2.24, 2.45) is 0 Å². The standard InChI is InChI=1S/C41H70O4/c1-3-5-7-9-10-11-12-13-14-15-16-17-18-19-20-21-22-23-27-30-34-38-41(44)45-39(35-31-8-6-4-2)36-32-28-25-24-26-29-33-37-40(42)43/h5,7,10-11,13-14,16-17,19-20,39H,3-4,6,8-9,12,15,18,21-38H2,1-2H3,(H,42,43)/b7-5-,11-10-,14-13-,17-16-,20-19-. The van der Waals surface area contributed by atoms with Crippen LogP contribution in [0.25, 0.3) is 0 Å². The second kappa shape index (κ2) is 36.1. The van der Waals surface area contributed by atoms with Gasteiger partial charge in [-0.05, 0) is 83.5 Å². The summed E-state index contributed by atoms with van der Waals surface area (Å²) < 4.78 is 5.94. The zero-order valence-electron chi connectivity index (χ0n) is 29.4. The van der Waals surface area contributed by atoms with Crippen LogP contribution >= 0.6 is 0 Å². The van der Waals surface area contributed by atoms with Gasteiger partial charge in [-0.2, -0.15) is 0 Å². The molecule has 0 aromatic rings. The fraction of sp³-hybridized carbons (Fsp3) is 0.707. The minimum Gasteiger partial charge on any atom is -0.481 e. The van der Waals surface area contributed by atoms with Crippen LogP contribution in [0.5, 0.6) is 0 Å². The number of allylic oxidation sites excluding steroid dienone is 10. The molecule has 4 heteroatoms. The van der Waals surface area contributed by atoms with Gasteiger partial charge in [0.15, 0.2) is 0 Å². The number of carbonyl (C=O) groups excluding carboxylic acids is 1. The van der Waals surface area contributed by atoms with Crippen LogP contribution in [-0.4, -0.2) is 23.1 Å². The minimum absolute atomic E-state index is 0.00676. The maximum atomic E-state index is 12.5. The molecular formula is C41H70O4. The highest BCUT2D eigenvalue weighted by Gasteiger charge is 2.14. The van der Waals surface area contributed by atoms with Gasteiger partial charge in [-0.25, -0.2) is 0 Å². The van der Waals surface area contributed by atoms with E-state index in [1.165, 1.54) is 57.8 Å². The van der Waals surface area contributed by atoms with Crippen LogP contribution in [0.3, 0.4) is 0 Å². The normalized spacial score (nSPS) is 12.9. The molecule has 0 aliphatic heterocycles. The molecule has 0 spiro atoms. The first-order valence-electron chi connectivity index (χ1n) is 18.8. The Morgan fingerprint density at radius 2 is 0.933 bits per heavy atom. The van der Waals surface area contributed by atoms with Crippen molar-refractivity contribution >= 4 is 11.9 Å². The van der Waals surface area contributed by atoms with Gasteiger partial charge in [-0.3, -0.25) is 9.59 Å². The zero-order valence-corrected chi connectivity index (χ0v) is 29.4. The average Bonchev–Trinajstić information content (AvgIpc) is 3.02. The van der Waals surface area contributed by atoms with E-state index in [4.69, 9.17) is 9.84 Å². The van der Waals surface area contributed by atoms with Crippen LogP contribution in [0.4, 0.5) is 0 Å². The molecule has 1 atom stereocenters. The molecule has 0 bridgehead atoms. The van der Waals surface area contributed by atoms with E-state index in [9.17, 15) is 9.59 Å². The van der Waals surface area contributed by atoms with E-state index < -0.39 is 5.97 Å². The number of aliphatic carboxylic acids is 1. The number of hydrogen-bond donors (Lipinski definition) is 1. The molecule has 0 amide bonds. The number of carboxylic acids is 1. The second-order valence-corrected chi connectivity index (χ2v) is 12.4. The summed E-state index contributed by atoms with van der Waals surface area (Å²) in [5, 5.41) is 8.72. The molecule has 0 radical (unpaired) electrons. The van der Waals surface area contributed by atoms with Gasteiger partial charge >= 0.3 is 11.9 Å². The Bertz CT molecular complexity index is 804. The van der Waals surface area contributed by atoms with Crippen molar-refractivity contribution in [1.29, 1.82) is 0 Å². The smallest absolute Gasteiger partial charge is 0.306 e. The lowest BCUT2D eigenvalue weighted by Gasteiger charge is -2.18. The highest BCUT2D eigenvalue weighted by Crippen LogP contribution is 2.18. The Labute approximate surface area is 278 Å². The molecule has 258 valence electrons. The zero-order chi connectivity index (χ0) is 32.9. The molecule has 45 heavy (non-hydrogen) atoms. The topological polar surface area (TPSA) is 63.6 Å². The van der Waals surface area contributed by atoms with E-state index >= 15 is 0 Å². The first-order chi connectivity index (χ1) is 22.1. The predicted octanol–water partition coefficient (Wildman–Crippen LogP) is 12.9. The van der Waals surface area contributed by atoms with E-state index in [2.05, 4.69) is 74.6 Å². The average molecular weight is 627 g/mol. The number of ether oxygens (including phenoxy) is 1. The highest BCUT2D eigenvalue weighted by atomic mass is 16.5. The van der Waals surface area contributed by atoms with E-state index in [-0.39, 0.29) is 18.5 Å². The van der Waals surface area contributed by atoms with Crippen molar-refractivity contribution < 1.29 is 19.4 Å². The molecule has 0 aliphatic rings. The minimum atomic E-state index is -0.692. The summed E-state index contributed by atoms with van der Waals surface area (Å²) in [5.74, 6) is -0.699. The van der Waals surface area contributed by atoms with Gasteiger partial charge in [0.1, 0.15) is 6.10 Å². The SMILES string of the molecule is CC/C=C\C/C=C\C/C=C\C/C=C\C/C=C\CCCCCCCC(=O)OC(CCCCCC)CCCCCCCCCC(=O)O. The molecule has 0 rings (SSSR count). The van der Waals surface area contributed by atoms with Gasteiger partial charge in [0.25, 0.3) is 0 Å². The lowest BCUT2D eigenvalue weighted by atomic mass is 10.0. The molecule has 0 fully saturated rings. The van der Waals surface area contributed by atoms with E-state index in [0.717, 1.165) is 96.3 Å². The number of hydrogen-bond acceptors (Lipinski definition) is 3. The summed E-state index contributed by atoms with van der Waals surface area (Å²) in [6.07, 6.45) is 49.7. The Morgan fingerprint density at radius 1 is 0.511 bits per heavy atom. The summed E-state index contributed by atoms with van der Waals surface area (Å²) >= 11 is 0. The van der Waals surface area contributed by atoms with Crippen LogP contribution in [0, 0.1) is 0 Å². The maximum absolute atomic E-state index is 12.5. The van der Waals surface area contributed by atoms with Gasteiger partial charge in [-0.15, -0.1) is 0 Å². The fourth-order valence-electron chi connectivity index (χ4n) is 5.27. The molecular weight excluding hydrogens is 556 g/mol. The van der Waals surface area contributed by atoms with E-state index in [1.807, 2.05) is 0 Å². The van der Waals surface area contributed by atoms with Gasteiger partial charge < -0.3 is 9.84 Å². The van der Waals surface area contributed by atoms with Gasteiger partial charge in [0.2, 0.25) is 0 Å². The van der Waals surface area contributed by atoms with E-state index in [1.54, 1.807) is 0 Å². The summed E-state index contributed by atoms with van der Waals surface area (Å²) in [6, 6.07) is 0. The second-order valence-electron chi connectivity index (χ2n) is 12.4. The summed E-state index contributed by atoms with van der Waals surface area (Å²) in [6.45, 7) is 4.39. The van der Waals surface area contributed by atoms with Gasteiger partial charge in [0, 0.05) is 12.8 Å². The lowest BCUT2D eigenvalue weighted by Crippen LogP contribution is -2.18. The van der Waals surface area contributed by atoms with Crippen molar-refractivity contribution in [2.45, 2.75) is 187 Å². The van der Waals surface area contributed by atoms with Crippen molar-refractivity contribution in [3.63, 3.8) is 0 Å². The lowest BCUT2D eigenvalue weighted by molar-refractivity contribution is -0.150. The van der Waals surface area contributed by atoms with Gasteiger partial charge in [-0.1, -0.05) is 145 Å². The molecule has 0 saturated carbocycles. The Kier molecular flexibility index (Phi) is 34.2. The van der Waals surface area contributed by atoms with Crippen molar-refractivity contribution in [1.82, 2.24) is 0 Å². The van der Waals surface area contributed by atoms with Crippen LogP contribution in [0.2, 0.25) is 0 Å². The highest BCUT2D eigenvalue weighted by molar-refractivity contribution is 5.69. The van der Waals surface area contributed by atoms with Crippen molar-refractivity contribution in [3.05, 3.63) is 60.8 Å². The third kappa shape index (κ3) is 36.0. The predicted molar refractivity (Wildman–Crippen MR) is 195 cm³/mol. The third-order valence-corrected chi connectivity index (χ3v) is 8.00. The Morgan fingerprint density at radius 3 is 1.44 bits per heavy atom. The first kappa shape index (κ1) is 42.6. The Balaban J connectivity index is 3.86. The summed E-state index contributed by atoms with van der Waals surface area (Å²) in [5.41, 5.74) is 0. The number of esters is 1. The van der Waals surface area contributed by atoms with Gasteiger partial charge in [0.05, 0.1) is 0 Å². The number of carbonyl (C=O) groups is 2. The molecule has 0 saturated heterocycles. The number of rotatable bonds is 33. The molecule has 0 heterocycles. The quantitative estimate of drug-likeness (QED) is 0.0447.